The van der Waals surface area contributed by atoms with E-state index in [4.69, 9.17) is 0 Å². The molecule has 1 aliphatic heterocycles. The van der Waals surface area contributed by atoms with Crippen LogP contribution in [0.3, 0.4) is 0 Å². The van der Waals surface area contributed by atoms with Gasteiger partial charge in [0.25, 0.3) is 0 Å². The molecular formula is C4H6N2S+. The van der Waals surface area contributed by atoms with E-state index in [1.54, 1.807) is 5.55 Å². The summed E-state index contributed by atoms with van der Waals surface area (Å²) in [6, 6.07) is 0. The second kappa shape index (κ2) is 2.12. The van der Waals surface area contributed by atoms with Gasteiger partial charge in [-0.1, -0.05) is 6.92 Å². The highest BCUT2D eigenvalue weighted by Crippen LogP contribution is 1.97. The van der Waals surface area contributed by atoms with Gasteiger partial charge in [0.05, 0.1) is 6.42 Å². The van der Waals surface area contributed by atoms with Crippen molar-refractivity contribution in [1.82, 2.24) is 4.40 Å². The van der Waals surface area contributed by atoms with Gasteiger partial charge in [-0.25, -0.2) is 0 Å². The average molecular weight is 114 g/mol. The Morgan fingerprint density at radius 3 is 3.14 bits per heavy atom. The molecule has 0 amide bonds. The van der Waals surface area contributed by atoms with Gasteiger partial charge in [0.2, 0.25) is 5.55 Å². The molecule has 7 heavy (non-hydrogen) atoms. The molecule has 0 saturated carbocycles. The third-order valence-corrected chi connectivity index (χ3v) is 1.24. The smallest absolute Gasteiger partial charge is 0.0536 e. The summed E-state index contributed by atoms with van der Waals surface area (Å²) < 4.78 is 3.97. The Labute approximate surface area is 46.9 Å². The molecule has 1 radical (unpaired) electrons. The zero-order valence-corrected chi connectivity index (χ0v) is 4.90. The second-order valence-corrected chi connectivity index (χ2v) is 1.81. The van der Waals surface area contributed by atoms with Crippen LogP contribution < -0.4 is 4.40 Å². The van der Waals surface area contributed by atoms with Gasteiger partial charge in [0.1, 0.15) is 0 Å². The van der Waals surface area contributed by atoms with Crippen molar-refractivity contribution < 1.29 is 0 Å². The van der Waals surface area contributed by atoms with Crippen molar-refractivity contribution in [3.63, 3.8) is 0 Å². The molecule has 0 aliphatic carbocycles. The lowest BCUT2D eigenvalue weighted by Crippen LogP contribution is -1.90. The first-order valence-corrected chi connectivity index (χ1v) is 3.02. The SMILES string of the molecule is CCC1=[N+]SC=N1. The topological polar surface area (TPSA) is 26.5 Å². The summed E-state index contributed by atoms with van der Waals surface area (Å²) in [4.78, 5) is 3.94. The molecule has 0 aromatic rings. The Bertz CT molecular complexity index is 117. The normalized spacial score (nSPS) is 17.6. The number of hydrogen-bond donors (Lipinski definition) is 0. The summed E-state index contributed by atoms with van der Waals surface area (Å²) in [5.41, 5.74) is 1.75. The van der Waals surface area contributed by atoms with Crippen LogP contribution in [0.25, 0.3) is 0 Å². The van der Waals surface area contributed by atoms with E-state index in [0.717, 1.165) is 12.3 Å². The van der Waals surface area contributed by atoms with E-state index < -0.39 is 0 Å². The standard InChI is InChI=1S/C4H6N2S/c1-2-4-5-3-7-6-4/h3H,2H2,1H3/q+1. The van der Waals surface area contributed by atoms with Crippen LogP contribution in [-0.4, -0.2) is 11.4 Å². The molecule has 1 heterocycles. The lowest BCUT2D eigenvalue weighted by Gasteiger charge is -1.65. The summed E-state index contributed by atoms with van der Waals surface area (Å²) in [5, 5.41) is 0. The van der Waals surface area contributed by atoms with Gasteiger partial charge < -0.3 is 0 Å². The van der Waals surface area contributed by atoms with Crippen molar-refractivity contribution in [3.05, 3.63) is 0 Å². The highest BCUT2D eigenvalue weighted by Gasteiger charge is 2.10. The molecule has 37 valence electrons. The maximum atomic E-state index is 3.97. The van der Waals surface area contributed by atoms with Gasteiger partial charge in [-0.15, -0.1) is 0 Å². The van der Waals surface area contributed by atoms with Crippen molar-refractivity contribution in [1.29, 1.82) is 0 Å². The summed E-state index contributed by atoms with van der Waals surface area (Å²) in [6.07, 6.45) is 0.948. The Hall–Kier alpha value is -0.310. The molecule has 0 bridgehead atoms. The fourth-order valence-corrected chi connectivity index (χ4v) is 0.862. The lowest BCUT2D eigenvalue weighted by atomic mass is 10.5. The van der Waals surface area contributed by atoms with E-state index in [1.807, 2.05) is 6.92 Å². The molecule has 0 spiro atoms. The number of amidine groups is 1. The van der Waals surface area contributed by atoms with Crippen LogP contribution >= 0.6 is 11.9 Å². The van der Waals surface area contributed by atoms with Gasteiger partial charge >= 0.3 is 5.84 Å². The van der Waals surface area contributed by atoms with E-state index >= 15 is 0 Å². The summed E-state index contributed by atoms with van der Waals surface area (Å²) in [6.45, 7) is 2.04. The average Bonchev–Trinajstić information content (AvgIpc) is 2.14. The van der Waals surface area contributed by atoms with E-state index in [-0.39, 0.29) is 0 Å². The molecule has 0 atom stereocenters. The first-order valence-electron chi connectivity index (χ1n) is 2.18. The molecule has 0 aromatic carbocycles. The fourth-order valence-electron chi connectivity index (χ4n) is 0.348. The Morgan fingerprint density at radius 2 is 2.86 bits per heavy atom. The highest BCUT2D eigenvalue weighted by molar-refractivity contribution is 8.10. The molecule has 0 aromatic heterocycles. The van der Waals surface area contributed by atoms with Crippen LogP contribution in [0.15, 0.2) is 4.99 Å². The highest BCUT2D eigenvalue weighted by atomic mass is 32.2. The van der Waals surface area contributed by atoms with Crippen molar-refractivity contribution >= 4 is 23.3 Å². The van der Waals surface area contributed by atoms with E-state index in [2.05, 4.69) is 9.39 Å². The monoisotopic (exact) mass is 114 g/mol. The number of nitrogens with zero attached hydrogens (tertiary/aromatic N) is 2. The molecule has 1 rings (SSSR count). The summed E-state index contributed by atoms with van der Waals surface area (Å²) in [5.74, 6) is 0.949. The third kappa shape index (κ3) is 1.03. The quantitative estimate of drug-likeness (QED) is 0.463. The molecule has 0 N–H and O–H groups in total. The first kappa shape index (κ1) is 4.84. The molecule has 0 saturated heterocycles. The molecule has 0 unspecified atom stereocenters. The van der Waals surface area contributed by atoms with Gasteiger partial charge in [-0.05, 0) is 4.99 Å². The van der Waals surface area contributed by atoms with Gasteiger partial charge in [0, 0.05) is 4.40 Å². The summed E-state index contributed by atoms with van der Waals surface area (Å²) >= 11 is 1.40. The minimum atomic E-state index is 0.948. The van der Waals surface area contributed by atoms with Crippen LogP contribution in [0.2, 0.25) is 0 Å². The number of rotatable bonds is 1. The molecule has 3 heteroatoms. The minimum absolute atomic E-state index is 0.948. The zero-order valence-electron chi connectivity index (χ0n) is 4.09. The molecular weight excluding hydrogens is 108 g/mol. The van der Waals surface area contributed by atoms with Crippen molar-refractivity contribution in [2.75, 3.05) is 0 Å². The maximum Gasteiger partial charge on any atom is 0.348 e. The van der Waals surface area contributed by atoms with Gasteiger partial charge in [-0.3, -0.25) is 0 Å². The molecule has 2 nitrogen and oxygen atoms in total. The van der Waals surface area contributed by atoms with Crippen LogP contribution in [0.5, 0.6) is 0 Å². The van der Waals surface area contributed by atoms with E-state index in [9.17, 15) is 0 Å². The summed E-state index contributed by atoms with van der Waals surface area (Å²) in [7, 11) is 0. The number of hydrogen-bond acceptors (Lipinski definition) is 3. The van der Waals surface area contributed by atoms with Crippen LogP contribution in [0.1, 0.15) is 13.3 Å². The first-order chi connectivity index (χ1) is 3.43. The van der Waals surface area contributed by atoms with E-state index in [1.165, 1.54) is 11.9 Å². The predicted octanol–water partition coefficient (Wildman–Crippen LogP) is 0.821. The van der Waals surface area contributed by atoms with Crippen molar-refractivity contribution in [2.45, 2.75) is 13.3 Å². The third-order valence-electron chi connectivity index (χ3n) is 0.723. The predicted molar refractivity (Wildman–Crippen MR) is 33.5 cm³/mol. The van der Waals surface area contributed by atoms with Crippen molar-refractivity contribution in [2.24, 2.45) is 4.99 Å². The number of aliphatic imine (C=N–C) groups is 1. The second-order valence-electron chi connectivity index (χ2n) is 1.20. The molecule has 1 aliphatic rings. The van der Waals surface area contributed by atoms with Gasteiger partial charge in [0.15, 0.2) is 11.9 Å². The maximum absolute atomic E-state index is 3.97. The fraction of sp³-hybridized carbons (Fsp3) is 0.500. The minimum Gasteiger partial charge on any atom is -0.0536 e. The Balaban J connectivity index is 2.52. The Morgan fingerprint density at radius 1 is 2.00 bits per heavy atom. The van der Waals surface area contributed by atoms with Gasteiger partial charge in [-0.2, -0.15) is 0 Å². The largest absolute Gasteiger partial charge is 0.348 e. The van der Waals surface area contributed by atoms with E-state index in [0.29, 0.717) is 0 Å². The lowest BCUT2D eigenvalue weighted by molar-refractivity contribution is 1.25. The van der Waals surface area contributed by atoms with Crippen LogP contribution in [0.4, 0.5) is 0 Å². The Kier molecular flexibility index (Phi) is 1.46. The molecule has 0 fully saturated rings. The zero-order chi connectivity index (χ0) is 5.11. The van der Waals surface area contributed by atoms with Crippen LogP contribution in [-0.2, 0) is 0 Å². The van der Waals surface area contributed by atoms with Crippen molar-refractivity contribution in [3.8, 4) is 0 Å². The van der Waals surface area contributed by atoms with Crippen LogP contribution in [0, 0.1) is 0 Å².